The molecule has 2 rings (SSSR count). The fourth-order valence-electron chi connectivity index (χ4n) is 3.29. The lowest BCUT2D eigenvalue weighted by molar-refractivity contribution is 0.120. The number of nitrogens with zero attached hydrogens (tertiary/aromatic N) is 4. The van der Waals surface area contributed by atoms with Gasteiger partial charge >= 0.3 is 5.69 Å². The summed E-state index contributed by atoms with van der Waals surface area (Å²) in [5.74, 6) is 0.303. The van der Waals surface area contributed by atoms with E-state index in [2.05, 4.69) is 24.1 Å². The molecule has 0 unspecified atom stereocenters. The predicted octanol–water partition coefficient (Wildman–Crippen LogP) is 0.630. The number of hydrogen-bond acceptors (Lipinski definition) is 5. The molecule has 2 atom stereocenters. The van der Waals surface area contributed by atoms with Crippen LogP contribution in [-0.2, 0) is 14.1 Å². The second-order valence-electron chi connectivity index (χ2n) is 6.35. The monoisotopic (exact) mass is 319 g/mol. The fourth-order valence-corrected chi connectivity index (χ4v) is 3.29. The van der Waals surface area contributed by atoms with Crippen molar-refractivity contribution >= 4 is 5.82 Å². The van der Waals surface area contributed by atoms with E-state index in [1.807, 2.05) is 6.07 Å². The molecule has 1 aliphatic heterocycles. The van der Waals surface area contributed by atoms with Crippen molar-refractivity contribution in [1.82, 2.24) is 14.0 Å². The van der Waals surface area contributed by atoms with Crippen molar-refractivity contribution in [3.8, 4) is 6.07 Å². The van der Waals surface area contributed by atoms with Gasteiger partial charge in [-0.2, -0.15) is 5.26 Å². The molecule has 0 aliphatic carbocycles. The number of likely N-dealkylation sites (tertiary alicyclic amines) is 1. The number of aromatic nitrogens is 2. The first kappa shape index (κ1) is 17.3. The van der Waals surface area contributed by atoms with E-state index in [4.69, 9.17) is 0 Å². The summed E-state index contributed by atoms with van der Waals surface area (Å²) < 4.78 is 2.28. The minimum Gasteiger partial charge on any atom is -0.369 e. The zero-order chi connectivity index (χ0) is 17.1. The van der Waals surface area contributed by atoms with Crippen molar-refractivity contribution in [2.75, 3.05) is 18.4 Å². The van der Waals surface area contributed by atoms with Gasteiger partial charge in [0.25, 0.3) is 5.56 Å². The Balaban J connectivity index is 2.22. The van der Waals surface area contributed by atoms with Gasteiger partial charge in [0.15, 0.2) is 5.56 Å². The average Bonchev–Trinajstić information content (AvgIpc) is 2.55. The molecule has 7 heteroatoms. The highest BCUT2D eigenvalue weighted by atomic mass is 16.2. The third-order valence-corrected chi connectivity index (χ3v) is 4.76. The number of nitriles is 1. The maximum Gasteiger partial charge on any atom is 0.332 e. The fraction of sp³-hybridized carbons (Fsp3) is 0.688. The van der Waals surface area contributed by atoms with Gasteiger partial charge in [0, 0.05) is 32.7 Å². The highest BCUT2D eigenvalue weighted by Crippen LogP contribution is 2.19. The van der Waals surface area contributed by atoms with Crippen LogP contribution >= 0.6 is 0 Å². The second-order valence-corrected chi connectivity index (χ2v) is 6.35. The summed E-state index contributed by atoms with van der Waals surface area (Å²) >= 11 is 0. The Hall–Kier alpha value is -2.07. The van der Waals surface area contributed by atoms with Gasteiger partial charge in [-0.05, 0) is 33.2 Å². The van der Waals surface area contributed by atoms with Crippen LogP contribution in [0.15, 0.2) is 9.59 Å². The molecule has 0 amide bonds. The quantitative estimate of drug-likeness (QED) is 0.880. The van der Waals surface area contributed by atoms with E-state index in [0.717, 1.165) is 11.1 Å². The largest absolute Gasteiger partial charge is 0.369 e. The second kappa shape index (κ2) is 7.01. The molecule has 1 N–H and O–H groups in total. The van der Waals surface area contributed by atoms with Gasteiger partial charge in [-0.15, -0.1) is 0 Å². The van der Waals surface area contributed by atoms with Gasteiger partial charge in [0.1, 0.15) is 11.9 Å². The van der Waals surface area contributed by atoms with Gasteiger partial charge in [-0.1, -0.05) is 6.42 Å². The van der Waals surface area contributed by atoms with Crippen LogP contribution in [0.2, 0.25) is 0 Å². The van der Waals surface area contributed by atoms with Crippen LogP contribution in [0.5, 0.6) is 0 Å². The lowest BCUT2D eigenvalue weighted by Crippen LogP contribution is -2.47. The summed E-state index contributed by atoms with van der Waals surface area (Å²) in [6.45, 7) is 5.99. The zero-order valence-electron chi connectivity index (χ0n) is 14.3. The average molecular weight is 319 g/mol. The number of piperidine rings is 1. The van der Waals surface area contributed by atoms with Gasteiger partial charge in [-0.25, -0.2) is 4.79 Å². The highest BCUT2D eigenvalue weighted by molar-refractivity contribution is 5.51. The van der Waals surface area contributed by atoms with Crippen LogP contribution in [0.25, 0.3) is 0 Å². The Labute approximate surface area is 136 Å². The Morgan fingerprint density at radius 2 is 2.00 bits per heavy atom. The topological polar surface area (TPSA) is 83.1 Å². The van der Waals surface area contributed by atoms with Crippen LogP contribution in [0.3, 0.4) is 0 Å². The molecular formula is C16H25N5O2. The standard InChI is InChI=1S/C16H25N5O2/c1-11-7-5-6-8-21(11)12(2)10-18-14-13(9-17)15(22)20(4)16(23)19(14)3/h11-12,18H,5-8,10H2,1-4H3/t11-,12+/m1/s1. The van der Waals surface area contributed by atoms with Crippen molar-refractivity contribution in [2.45, 2.75) is 45.2 Å². The Morgan fingerprint density at radius 1 is 1.30 bits per heavy atom. The molecule has 0 aromatic carbocycles. The molecule has 2 heterocycles. The van der Waals surface area contributed by atoms with Crippen molar-refractivity contribution in [3.05, 3.63) is 26.4 Å². The van der Waals surface area contributed by atoms with Gasteiger partial charge < -0.3 is 5.32 Å². The third kappa shape index (κ3) is 3.32. The Morgan fingerprint density at radius 3 is 2.61 bits per heavy atom. The lowest BCUT2D eigenvalue weighted by atomic mass is 10.0. The highest BCUT2D eigenvalue weighted by Gasteiger charge is 2.23. The maximum absolute atomic E-state index is 12.1. The molecular weight excluding hydrogens is 294 g/mol. The lowest BCUT2D eigenvalue weighted by Gasteiger charge is -2.38. The molecule has 0 bridgehead atoms. The van der Waals surface area contributed by atoms with Crippen molar-refractivity contribution in [3.63, 3.8) is 0 Å². The summed E-state index contributed by atoms with van der Waals surface area (Å²) in [5, 5.41) is 12.4. The van der Waals surface area contributed by atoms with Crippen molar-refractivity contribution in [2.24, 2.45) is 14.1 Å². The molecule has 1 saturated heterocycles. The minimum atomic E-state index is -0.558. The summed E-state index contributed by atoms with van der Waals surface area (Å²) in [6.07, 6.45) is 3.65. The first-order valence-corrected chi connectivity index (χ1v) is 8.08. The molecule has 23 heavy (non-hydrogen) atoms. The number of hydrogen-bond donors (Lipinski definition) is 1. The van der Waals surface area contributed by atoms with Crippen LogP contribution in [-0.4, -0.2) is 39.2 Å². The zero-order valence-corrected chi connectivity index (χ0v) is 14.3. The summed E-state index contributed by atoms with van der Waals surface area (Å²) in [6, 6.07) is 2.71. The van der Waals surface area contributed by atoms with E-state index in [1.165, 1.54) is 30.9 Å². The number of rotatable bonds is 4. The Bertz CT molecular complexity index is 728. The summed E-state index contributed by atoms with van der Waals surface area (Å²) in [4.78, 5) is 26.5. The summed E-state index contributed by atoms with van der Waals surface area (Å²) in [7, 11) is 2.95. The van der Waals surface area contributed by atoms with Crippen LogP contribution in [0, 0.1) is 11.3 Å². The third-order valence-electron chi connectivity index (χ3n) is 4.76. The van der Waals surface area contributed by atoms with Crippen molar-refractivity contribution < 1.29 is 0 Å². The van der Waals surface area contributed by atoms with Crippen LogP contribution < -0.4 is 16.6 Å². The van der Waals surface area contributed by atoms with E-state index in [0.29, 0.717) is 18.4 Å². The molecule has 0 saturated carbocycles. The molecule has 0 spiro atoms. The maximum atomic E-state index is 12.1. The molecule has 1 aliphatic rings. The minimum absolute atomic E-state index is 0.0199. The first-order chi connectivity index (χ1) is 10.9. The van der Waals surface area contributed by atoms with Crippen LogP contribution in [0.4, 0.5) is 5.82 Å². The van der Waals surface area contributed by atoms with E-state index in [-0.39, 0.29) is 11.6 Å². The first-order valence-electron chi connectivity index (χ1n) is 8.08. The van der Waals surface area contributed by atoms with Gasteiger partial charge in [0.05, 0.1) is 0 Å². The van der Waals surface area contributed by atoms with Crippen LogP contribution in [0.1, 0.15) is 38.7 Å². The van der Waals surface area contributed by atoms with Gasteiger partial charge in [0.2, 0.25) is 0 Å². The molecule has 7 nitrogen and oxygen atoms in total. The van der Waals surface area contributed by atoms with Crippen molar-refractivity contribution in [1.29, 1.82) is 5.26 Å². The Kier molecular flexibility index (Phi) is 5.26. The molecule has 0 radical (unpaired) electrons. The van der Waals surface area contributed by atoms with E-state index in [9.17, 15) is 14.9 Å². The van der Waals surface area contributed by atoms with E-state index in [1.54, 1.807) is 7.05 Å². The van der Waals surface area contributed by atoms with E-state index >= 15 is 0 Å². The normalized spacial score (nSPS) is 20.0. The van der Waals surface area contributed by atoms with E-state index < -0.39 is 11.2 Å². The molecule has 1 fully saturated rings. The van der Waals surface area contributed by atoms with Gasteiger partial charge in [-0.3, -0.25) is 18.8 Å². The molecule has 126 valence electrons. The SMILES string of the molecule is C[C@@H]1CCCCN1[C@@H](C)CNc1c(C#N)c(=O)n(C)c(=O)n1C. The predicted molar refractivity (Wildman–Crippen MR) is 89.6 cm³/mol. The number of anilines is 1. The summed E-state index contributed by atoms with van der Waals surface area (Å²) in [5.41, 5.74) is -1.01. The molecule has 1 aromatic heterocycles. The number of nitrogens with one attached hydrogen (secondary N) is 1. The molecule has 1 aromatic rings. The smallest absolute Gasteiger partial charge is 0.332 e.